The normalized spacial score (nSPS) is 26.0. The van der Waals surface area contributed by atoms with Gasteiger partial charge in [-0.3, -0.25) is 14.4 Å². The zero-order valence-electron chi connectivity index (χ0n) is 16.7. The predicted octanol–water partition coefficient (Wildman–Crippen LogP) is 2.83. The monoisotopic (exact) mass is 386 g/mol. The van der Waals surface area contributed by atoms with Crippen LogP contribution in [0, 0.1) is 11.8 Å². The lowest BCUT2D eigenvalue weighted by Crippen LogP contribution is -2.43. The second-order valence-electron chi connectivity index (χ2n) is 8.08. The molecule has 0 unspecified atom stereocenters. The summed E-state index contributed by atoms with van der Waals surface area (Å²) in [5, 5.41) is 2.98. The highest BCUT2D eigenvalue weighted by molar-refractivity contribution is 5.88. The first kappa shape index (κ1) is 20.4. The van der Waals surface area contributed by atoms with E-state index in [1.165, 1.54) is 6.42 Å². The molecule has 1 aromatic rings. The number of amides is 2. The number of hydrogen-bond acceptors (Lipinski definition) is 4. The number of nitrogens with zero attached hydrogens (tertiary/aromatic N) is 1. The average molecular weight is 386 g/mol. The molecular formula is C22H30N2O4. The van der Waals surface area contributed by atoms with Gasteiger partial charge in [-0.2, -0.15) is 0 Å². The van der Waals surface area contributed by atoms with Crippen LogP contribution in [0.15, 0.2) is 30.3 Å². The van der Waals surface area contributed by atoms with Crippen LogP contribution in [0.3, 0.4) is 0 Å². The molecule has 2 amide bonds. The molecule has 6 heteroatoms. The van der Waals surface area contributed by atoms with Crippen molar-refractivity contribution in [2.24, 2.45) is 11.8 Å². The summed E-state index contributed by atoms with van der Waals surface area (Å²) in [5.41, 5.74) is 1.03. The molecule has 1 aliphatic heterocycles. The van der Waals surface area contributed by atoms with E-state index in [1.54, 1.807) is 4.90 Å². The number of likely N-dealkylation sites (tertiary alicyclic amines) is 1. The summed E-state index contributed by atoms with van der Waals surface area (Å²) in [4.78, 5) is 38.6. The summed E-state index contributed by atoms with van der Waals surface area (Å²) in [6.07, 6.45) is 4.55. The quantitative estimate of drug-likeness (QED) is 0.763. The summed E-state index contributed by atoms with van der Waals surface area (Å²) in [6.45, 7) is 4.15. The van der Waals surface area contributed by atoms with Gasteiger partial charge in [0.05, 0.1) is 12.0 Å². The number of carbonyl (C=O) groups is 3. The molecule has 2 fully saturated rings. The van der Waals surface area contributed by atoms with Crippen LogP contribution in [0.5, 0.6) is 0 Å². The number of esters is 1. The highest BCUT2D eigenvalue weighted by Crippen LogP contribution is 2.29. The van der Waals surface area contributed by atoms with Gasteiger partial charge in [-0.1, -0.05) is 50.1 Å². The van der Waals surface area contributed by atoms with E-state index in [0.29, 0.717) is 12.5 Å². The minimum absolute atomic E-state index is 0.0567. The largest absolute Gasteiger partial charge is 0.455 e. The average Bonchev–Trinajstić information content (AvgIpc) is 3.10. The summed E-state index contributed by atoms with van der Waals surface area (Å²) in [7, 11) is 0. The van der Waals surface area contributed by atoms with Gasteiger partial charge in [-0.15, -0.1) is 0 Å². The van der Waals surface area contributed by atoms with Crippen LogP contribution in [0.1, 0.15) is 57.6 Å². The Morgan fingerprint density at radius 2 is 1.93 bits per heavy atom. The van der Waals surface area contributed by atoms with Crippen molar-refractivity contribution in [3.8, 4) is 0 Å². The summed E-state index contributed by atoms with van der Waals surface area (Å²) in [5.74, 6) is -0.846. The third-order valence-corrected chi connectivity index (χ3v) is 6.04. The number of nitrogens with one attached hydrogen (secondary N) is 1. The fourth-order valence-electron chi connectivity index (χ4n) is 4.21. The van der Waals surface area contributed by atoms with Gasteiger partial charge in [-0.25, -0.2) is 0 Å². The fraction of sp³-hybridized carbons (Fsp3) is 0.591. The van der Waals surface area contributed by atoms with E-state index < -0.39 is 11.9 Å². The van der Waals surface area contributed by atoms with Crippen LogP contribution in [0.2, 0.25) is 0 Å². The first-order valence-electron chi connectivity index (χ1n) is 10.3. The van der Waals surface area contributed by atoms with Crippen molar-refractivity contribution >= 4 is 17.8 Å². The Labute approximate surface area is 166 Å². The summed E-state index contributed by atoms with van der Waals surface area (Å²) in [6, 6.07) is 9.81. The van der Waals surface area contributed by atoms with Crippen LogP contribution < -0.4 is 5.32 Å². The minimum atomic E-state index is -0.514. The van der Waals surface area contributed by atoms with Crippen molar-refractivity contribution in [2.45, 2.75) is 58.0 Å². The number of carbonyl (C=O) groups excluding carboxylic acids is 3. The van der Waals surface area contributed by atoms with Crippen molar-refractivity contribution in [2.75, 3.05) is 13.2 Å². The third kappa shape index (κ3) is 4.91. The molecule has 6 nitrogen and oxygen atoms in total. The van der Waals surface area contributed by atoms with Crippen LogP contribution in [0.4, 0.5) is 0 Å². The highest BCUT2D eigenvalue weighted by Gasteiger charge is 2.38. The van der Waals surface area contributed by atoms with E-state index >= 15 is 0 Å². The highest BCUT2D eigenvalue weighted by atomic mass is 16.5. The first-order chi connectivity index (χ1) is 13.5. The molecule has 4 atom stereocenters. The SMILES string of the molecule is C[C@H]1CCCC[C@@H]1NC(=O)COC(=O)[C@@H]1CC(=O)N([C@@H](C)c2ccccc2)C1. The van der Waals surface area contributed by atoms with E-state index in [4.69, 9.17) is 4.74 Å². The molecule has 3 rings (SSSR count). The molecule has 28 heavy (non-hydrogen) atoms. The molecule has 0 aromatic heterocycles. The van der Waals surface area contributed by atoms with Crippen LogP contribution in [-0.2, 0) is 19.1 Å². The number of hydrogen-bond donors (Lipinski definition) is 1. The molecule has 1 N–H and O–H groups in total. The molecular weight excluding hydrogens is 356 g/mol. The maximum atomic E-state index is 12.4. The Morgan fingerprint density at radius 1 is 1.21 bits per heavy atom. The van der Waals surface area contributed by atoms with Gasteiger partial charge in [-0.05, 0) is 31.2 Å². The molecule has 0 radical (unpaired) electrons. The lowest BCUT2D eigenvalue weighted by Gasteiger charge is -2.29. The lowest BCUT2D eigenvalue weighted by molar-refractivity contribution is -0.152. The number of benzene rings is 1. The topological polar surface area (TPSA) is 75.7 Å². The second kappa shape index (κ2) is 9.22. The molecule has 1 aliphatic carbocycles. The molecule has 0 spiro atoms. The number of rotatable bonds is 6. The van der Waals surface area contributed by atoms with Crippen LogP contribution in [0.25, 0.3) is 0 Å². The van der Waals surface area contributed by atoms with E-state index in [1.807, 2.05) is 37.3 Å². The van der Waals surface area contributed by atoms with Crippen molar-refractivity contribution in [3.05, 3.63) is 35.9 Å². The lowest BCUT2D eigenvalue weighted by atomic mass is 9.86. The van der Waals surface area contributed by atoms with Gasteiger partial charge >= 0.3 is 5.97 Å². The first-order valence-corrected chi connectivity index (χ1v) is 10.3. The van der Waals surface area contributed by atoms with Gasteiger partial charge in [0.25, 0.3) is 5.91 Å². The van der Waals surface area contributed by atoms with Gasteiger partial charge in [0.1, 0.15) is 0 Å². The Balaban J connectivity index is 1.47. The summed E-state index contributed by atoms with van der Waals surface area (Å²) < 4.78 is 5.22. The fourth-order valence-corrected chi connectivity index (χ4v) is 4.21. The van der Waals surface area contributed by atoms with Crippen molar-refractivity contribution in [1.29, 1.82) is 0 Å². The van der Waals surface area contributed by atoms with Crippen molar-refractivity contribution in [3.63, 3.8) is 0 Å². The molecule has 152 valence electrons. The van der Waals surface area contributed by atoms with Crippen molar-refractivity contribution in [1.82, 2.24) is 10.2 Å². The maximum absolute atomic E-state index is 12.4. The van der Waals surface area contributed by atoms with E-state index in [2.05, 4.69) is 12.2 Å². The smallest absolute Gasteiger partial charge is 0.311 e. The molecule has 2 aliphatic rings. The van der Waals surface area contributed by atoms with Gasteiger partial charge in [0, 0.05) is 19.0 Å². The molecule has 0 bridgehead atoms. The molecule has 1 saturated heterocycles. The van der Waals surface area contributed by atoms with Crippen molar-refractivity contribution < 1.29 is 19.1 Å². The van der Waals surface area contributed by atoms with Gasteiger partial charge in [0.15, 0.2) is 6.61 Å². The third-order valence-electron chi connectivity index (χ3n) is 6.04. The maximum Gasteiger partial charge on any atom is 0.311 e. The Kier molecular flexibility index (Phi) is 6.70. The Hall–Kier alpha value is -2.37. The van der Waals surface area contributed by atoms with Crippen LogP contribution >= 0.6 is 0 Å². The minimum Gasteiger partial charge on any atom is -0.455 e. The van der Waals surface area contributed by atoms with E-state index in [0.717, 1.165) is 24.8 Å². The Morgan fingerprint density at radius 3 is 2.64 bits per heavy atom. The second-order valence-corrected chi connectivity index (χ2v) is 8.08. The van der Waals surface area contributed by atoms with Gasteiger partial charge in [0.2, 0.25) is 5.91 Å². The standard InChI is InChI=1S/C22H30N2O4/c1-15-8-6-7-11-19(15)23-20(25)14-28-22(27)18-12-21(26)24(13-18)16(2)17-9-4-3-5-10-17/h3-5,9-10,15-16,18-19H,6-8,11-14H2,1-2H3,(H,23,25)/t15-,16-,18+,19-/m0/s1. The molecule has 1 aromatic carbocycles. The number of ether oxygens (including phenoxy) is 1. The summed E-state index contributed by atoms with van der Waals surface area (Å²) >= 11 is 0. The van der Waals surface area contributed by atoms with Crippen LogP contribution in [-0.4, -0.2) is 41.9 Å². The van der Waals surface area contributed by atoms with E-state index in [-0.39, 0.29) is 36.9 Å². The zero-order valence-corrected chi connectivity index (χ0v) is 16.7. The predicted molar refractivity (Wildman–Crippen MR) is 105 cm³/mol. The van der Waals surface area contributed by atoms with Gasteiger partial charge < -0.3 is 15.0 Å². The molecule has 1 heterocycles. The van der Waals surface area contributed by atoms with E-state index in [9.17, 15) is 14.4 Å². The Bertz CT molecular complexity index is 706. The zero-order chi connectivity index (χ0) is 20.1. The molecule has 1 saturated carbocycles.